The van der Waals surface area contributed by atoms with E-state index in [-0.39, 0.29) is 29.0 Å². The highest BCUT2D eigenvalue weighted by atomic mass is 16.7. The van der Waals surface area contributed by atoms with Crippen molar-refractivity contribution in [1.29, 1.82) is 0 Å². The molecule has 130 valence electrons. The van der Waals surface area contributed by atoms with Crippen molar-refractivity contribution in [2.24, 2.45) is 0 Å². The molecule has 0 aromatic heterocycles. The van der Waals surface area contributed by atoms with Crippen LogP contribution < -0.4 is 9.47 Å². The SMILES string of the molecule is O=C1CC(O)C2(Oc3cccc4cccc(c34)O2)c2c(O)ccc(O)c21. The van der Waals surface area contributed by atoms with Crippen LogP contribution in [0, 0.1) is 0 Å². The van der Waals surface area contributed by atoms with Gasteiger partial charge < -0.3 is 24.8 Å². The van der Waals surface area contributed by atoms with Crippen LogP contribution in [0.3, 0.4) is 0 Å². The number of carbonyl (C=O) groups is 1. The number of benzene rings is 3. The average Bonchev–Trinajstić information content (AvgIpc) is 2.62. The molecule has 0 fully saturated rings. The van der Waals surface area contributed by atoms with Crippen molar-refractivity contribution < 1.29 is 29.6 Å². The van der Waals surface area contributed by atoms with Crippen LogP contribution >= 0.6 is 0 Å². The van der Waals surface area contributed by atoms with Crippen molar-refractivity contribution in [2.75, 3.05) is 0 Å². The van der Waals surface area contributed by atoms with Crippen LogP contribution in [0.2, 0.25) is 0 Å². The molecule has 2 aliphatic rings. The summed E-state index contributed by atoms with van der Waals surface area (Å²) in [6.07, 6.45) is -1.67. The second-order valence-electron chi connectivity index (χ2n) is 6.48. The molecule has 1 aliphatic carbocycles. The fourth-order valence-electron chi connectivity index (χ4n) is 3.82. The average molecular weight is 350 g/mol. The molecule has 3 aromatic rings. The van der Waals surface area contributed by atoms with E-state index in [9.17, 15) is 20.1 Å². The molecule has 5 rings (SSSR count). The van der Waals surface area contributed by atoms with Crippen molar-refractivity contribution in [2.45, 2.75) is 18.3 Å². The molecule has 1 unspecified atom stereocenters. The molecule has 1 aliphatic heterocycles. The minimum absolute atomic E-state index is 0.0623. The van der Waals surface area contributed by atoms with Gasteiger partial charge in [-0.2, -0.15) is 0 Å². The maximum absolute atomic E-state index is 12.4. The minimum Gasteiger partial charge on any atom is -0.507 e. The van der Waals surface area contributed by atoms with Crippen molar-refractivity contribution >= 4 is 16.6 Å². The Bertz CT molecular complexity index is 1050. The Morgan fingerprint density at radius 3 is 2.19 bits per heavy atom. The zero-order chi connectivity index (χ0) is 18.1. The van der Waals surface area contributed by atoms with E-state index in [1.165, 1.54) is 12.1 Å². The van der Waals surface area contributed by atoms with Crippen LogP contribution in [0.4, 0.5) is 0 Å². The van der Waals surface area contributed by atoms with Gasteiger partial charge in [-0.1, -0.05) is 24.3 Å². The van der Waals surface area contributed by atoms with E-state index < -0.39 is 17.7 Å². The Labute approximate surface area is 147 Å². The minimum atomic E-state index is -1.82. The molecule has 6 heteroatoms. The van der Waals surface area contributed by atoms with Gasteiger partial charge in [0.1, 0.15) is 29.1 Å². The lowest BCUT2D eigenvalue weighted by atomic mass is 9.81. The number of phenolic OH excluding ortho intramolecular Hbond substituents is 2. The van der Waals surface area contributed by atoms with Gasteiger partial charge in [0, 0.05) is 6.42 Å². The fraction of sp³-hybridized carbons (Fsp3) is 0.150. The quantitative estimate of drug-likeness (QED) is 0.540. The summed E-state index contributed by atoms with van der Waals surface area (Å²) in [7, 11) is 0. The molecular weight excluding hydrogens is 336 g/mol. The molecular formula is C20H14O6. The summed E-state index contributed by atoms with van der Waals surface area (Å²) in [6, 6.07) is 13.4. The van der Waals surface area contributed by atoms with E-state index in [4.69, 9.17) is 9.47 Å². The Kier molecular flexibility index (Phi) is 2.83. The third-order valence-corrected chi connectivity index (χ3v) is 4.96. The number of ether oxygens (including phenoxy) is 2. The number of hydrogen-bond acceptors (Lipinski definition) is 6. The molecule has 0 amide bonds. The van der Waals surface area contributed by atoms with E-state index in [2.05, 4.69) is 0 Å². The first-order chi connectivity index (χ1) is 12.5. The van der Waals surface area contributed by atoms with E-state index in [0.29, 0.717) is 11.5 Å². The third kappa shape index (κ3) is 1.76. The number of carbonyl (C=O) groups excluding carboxylic acids is 1. The number of rotatable bonds is 0. The smallest absolute Gasteiger partial charge is 0.309 e. The van der Waals surface area contributed by atoms with E-state index in [1.807, 2.05) is 24.3 Å². The summed E-state index contributed by atoms with van der Waals surface area (Å²) in [4.78, 5) is 12.4. The van der Waals surface area contributed by atoms with Crippen molar-refractivity contribution in [3.8, 4) is 23.0 Å². The molecule has 3 aromatic carbocycles. The van der Waals surface area contributed by atoms with Crippen LogP contribution in [-0.2, 0) is 5.79 Å². The van der Waals surface area contributed by atoms with E-state index >= 15 is 0 Å². The molecule has 26 heavy (non-hydrogen) atoms. The summed E-state index contributed by atoms with van der Waals surface area (Å²) in [5.41, 5.74) is -0.158. The predicted molar refractivity (Wildman–Crippen MR) is 91.6 cm³/mol. The summed E-state index contributed by atoms with van der Waals surface area (Å²) in [5, 5.41) is 33.0. The van der Waals surface area contributed by atoms with Gasteiger partial charge in [-0.25, -0.2) is 0 Å². The van der Waals surface area contributed by atoms with Gasteiger partial charge in [0.2, 0.25) is 0 Å². The zero-order valence-corrected chi connectivity index (χ0v) is 13.5. The molecule has 1 atom stereocenters. The third-order valence-electron chi connectivity index (χ3n) is 4.96. The number of aliphatic hydroxyl groups is 1. The monoisotopic (exact) mass is 350 g/mol. The zero-order valence-electron chi connectivity index (χ0n) is 13.5. The first-order valence-electron chi connectivity index (χ1n) is 8.18. The first-order valence-corrected chi connectivity index (χ1v) is 8.18. The van der Waals surface area contributed by atoms with Crippen molar-refractivity contribution in [3.63, 3.8) is 0 Å². The standard InChI is InChI=1S/C20H14O6/c21-11-7-8-12(22)19-18(11)13(23)9-16(24)20(19)25-14-5-1-3-10-4-2-6-15(26-20)17(10)14/h1-8,16,21-22,24H,9H2. The number of ketones is 1. The first kappa shape index (κ1) is 15.0. The van der Waals surface area contributed by atoms with Crippen LogP contribution in [0.25, 0.3) is 10.8 Å². The predicted octanol–water partition coefficient (Wildman–Crippen LogP) is 2.82. The van der Waals surface area contributed by atoms with Gasteiger partial charge in [0.05, 0.1) is 16.5 Å². The Balaban J connectivity index is 1.83. The normalized spacial score (nSPS) is 19.7. The molecule has 0 bridgehead atoms. The maximum Gasteiger partial charge on any atom is 0.309 e. The molecule has 3 N–H and O–H groups in total. The number of Topliss-reactive ketones (excluding diaryl/α,β-unsaturated/α-hetero) is 1. The molecule has 6 nitrogen and oxygen atoms in total. The highest BCUT2D eigenvalue weighted by molar-refractivity contribution is 6.03. The van der Waals surface area contributed by atoms with Gasteiger partial charge >= 0.3 is 5.79 Å². The molecule has 1 heterocycles. The van der Waals surface area contributed by atoms with Gasteiger partial charge in [-0.15, -0.1) is 0 Å². The second kappa shape index (κ2) is 4.89. The largest absolute Gasteiger partial charge is 0.507 e. The Morgan fingerprint density at radius 2 is 1.54 bits per heavy atom. The van der Waals surface area contributed by atoms with Crippen LogP contribution in [0.15, 0.2) is 48.5 Å². The van der Waals surface area contributed by atoms with Gasteiger partial charge in [0.25, 0.3) is 0 Å². The van der Waals surface area contributed by atoms with E-state index in [0.717, 1.165) is 10.8 Å². The van der Waals surface area contributed by atoms with Crippen LogP contribution in [-0.4, -0.2) is 27.2 Å². The highest BCUT2D eigenvalue weighted by Gasteiger charge is 2.56. The second-order valence-corrected chi connectivity index (χ2v) is 6.48. The highest BCUT2D eigenvalue weighted by Crippen LogP contribution is 2.52. The number of hydrogen-bond donors (Lipinski definition) is 3. The molecule has 0 saturated heterocycles. The summed E-state index contributed by atoms with van der Waals surface area (Å²) >= 11 is 0. The van der Waals surface area contributed by atoms with Gasteiger partial charge in [-0.3, -0.25) is 4.79 Å². The molecule has 0 saturated carbocycles. The number of phenols is 2. The van der Waals surface area contributed by atoms with Gasteiger partial charge in [-0.05, 0) is 29.7 Å². The lowest BCUT2D eigenvalue weighted by molar-refractivity contribution is -0.200. The van der Waals surface area contributed by atoms with Gasteiger partial charge in [0.15, 0.2) is 5.78 Å². The van der Waals surface area contributed by atoms with Crippen LogP contribution in [0.1, 0.15) is 22.3 Å². The maximum atomic E-state index is 12.4. The molecule has 0 radical (unpaired) electrons. The molecule has 1 spiro atoms. The van der Waals surface area contributed by atoms with Crippen molar-refractivity contribution in [3.05, 3.63) is 59.7 Å². The van der Waals surface area contributed by atoms with E-state index in [1.54, 1.807) is 12.1 Å². The summed E-state index contributed by atoms with van der Waals surface area (Å²) < 4.78 is 12.1. The number of aromatic hydroxyl groups is 2. The van der Waals surface area contributed by atoms with Crippen molar-refractivity contribution in [1.82, 2.24) is 0 Å². The lowest BCUT2D eigenvalue weighted by Crippen LogP contribution is -2.55. The number of aliphatic hydroxyl groups excluding tert-OH is 1. The van der Waals surface area contributed by atoms with Crippen LogP contribution in [0.5, 0.6) is 23.0 Å². The number of fused-ring (bicyclic) bond motifs is 2. The Morgan fingerprint density at radius 1 is 0.923 bits per heavy atom. The summed E-state index contributed by atoms with van der Waals surface area (Å²) in [5.74, 6) is -1.97. The Hall–Kier alpha value is -3.25. The fourth-order valence-corrected chi connectivity index (χ4v) is 3.82. The summed E-state index contributed by atoms with van der Waals surface area (Å²) in [6.45, 7) is 0. The topological polar surface area (TPSA) is 96.2 Å². The lowest BCUT2D eigenvalue weighted by Gasteiger charge is -2.44.